The van der Waals surface area contributed by atoms with E-state index in [9.17, 15) is 8.42 Å². The molecule has 0 fully saturated rings. The summed E-state index contributed by atoms with van der Waals surface area (Å²) in [5.41, 5.74) is 3.03. The zero-order chi connectivity index (χ0) is 24.5. The monoisotopic (exact) mass is 546 g/mol. The first-order valence-corrected chi connectivity index (χ1v) is 12.9. The summed E-state index contributed by atoms with van der Waals surface area (Å²) in [7, 11) is -1.79. The number of para-hydroxylation sites is 1. The van der Waals surface area contributed by atoms with Gasteiger partial charge in [0.25, 0.3) is 10.0 Å². The van der Waals surface area contributed by atoms with Gasteiger partial charge in [0.2, 0.25) is 0 Å². The van der Waals surface area contributed by atoms with E-state index in [2.05, 4.69) is 42.7 Å². The second-order valence-corrected chi connectivity index (χ2v) is 10.1. The van der Waals surface area contributed by atoms with E-state index in [4.69, 9.17) is 9.47 Å². The van der Waals surface area contributed by atoms with E-state index in [0.29, 0.717) is 34.7 Å². The van der Waals surface area contributed by atoms with E-state index in [1.165, 1.54) is 6.20 Å². The van der Waals surface area contributed by atoms with Crippen LogP contribution in [-0.2, 0) is 21.8 Å². The molecule has 34 heavy (non-hydrogen) atoms. The van der Waals surface area contributed by atoms with Gasteiger partial charge in [0, 0.05) is 12.6 Å². The van der Waals surface area contributed by atoms with Crippen molar-refractivity contribution in [2.75, 3.05) is 19.5 Å². The van der Waals surface area contributed by atoms with Gasteiger partial charge in [0.05, 0.1) is 42.6 Å². The maximum absolute atomic E-state index is 12.0. The minimum Gasteiger partial charge on any atom is -0.491 e. The van der Waals surface area contributed by atoms with Crippen molar-refractivity contribution in [3.63, 3.8) is 0 Å². The van der Waals surface area contributed by atoms with Gasteiger partial charge in [-0.15, -0.1) is 5.10 Å². The number of ether oxygens (including phenoxy) is 2. The van der Waals surface area contributed by atoms with E-state index in [1.807, 2.05) is 38.2 Å². The van der Waals surface area contributed by atoms with Crippen LogP contribution in [0.3, 0.4) is 0 Å². The largest absolute Gasteiger partial charge is 0.491 e. The van der Waals surface area contributed by atoms with Gasteiger partial charge in [-0.05, 0) is 28.9 Å². The Labute approximate surface area is 205 Å². The molecule has 1 atom stereocenters. The van der Waals surface area contributed by atoms with Crippen molar-refractivity contribution in [3.05, 3.63) is 59.1 Å². The SMILES string of the molecule is C=Cc1ccccc1OCCO[C@H](C)c1c(-c2ncc3c(n2)c(Br)nn3S(C)(=O)=O)cnn1C. The highest BCUT2D eigenvalue weighted by atomic mass is 79.9. The molecule has 0 amide bonds. The molecular formula is C22H23BrN6O4S. The summed E-state index contributed by atoms with van der Waals surface area (Å²) in [5, 5.41) is 8.37. The quantitative estimate of drug-likeness (QED) is 0.292. The molecule has 0 aliphatic rings. The molecule has 4 rings (SSSR count). The minimum absolute atomic E-state index is 0.282. The van der Waals surface area contributed by atoms with Crippen molar-refractivity contribution in [1.82, 2.24) is 28.9 Å². The average molecular weight is 547 g/mol. The van der Waals surface area contributed by atoms with Crippen LogP contribution in [0.1, 0.15) is 24.3 Å². The highest BCUT2D eigenvalue weighted by molar-refractivity contribution is 9.10. The van der Waals surface area contributed by atoms with Crippen LogP contribution in [0.5, 0.6) is 5.75 Å². The maximum atomic E-state index is 12.0. The first-order chi connectivity index (χ1) is 16.2. The summed E-state index contributed by atoms with van der Waals surface area (Å²) in [5.74, 6) is 1.13. The third-order valence-corrected chi connectivity index (χ3v) is 6.56. The number of hydrogen-bond donors (Lipinski definition) is 0. The van der Waals surface area contributed by atoms with E-state index in [0.717, 1.165) is 27.3 Å². The van der Waals surface area contributed by atoms with E-state index < -0.39 is 10.0 Å². The molecule has 10 nitrogen and oxygen atoms in total. The lowest BCUT2D eigenvalue weighted by atomic mass is 10.1. The van der Waals surface area contributed by atoms with Crippen LogP contribution in [-0.4, -0.2) is 56.8 Å². The summed E-state index contributed by atoms with van der Waals surface area (Å²) in [6.45, 7) is 6.42. The number of halogens is 1. The number of rotatable bonds is 9. The molecular weight excluding hydrogens is 524 g/mol. The molecule has 0 unspecified atom stereocenters. The van der Waals surface area contributed by atoms with Gasteiger partial charge in [-0.1, -0.05) is 30.9 Å². The highest BCUT2D eigenvalue weighted by Crippen LogP contribution is 2.30. The Morgan fingerprint density at radius 1 is 1.24 bits per heavy atom. The lowest BCUT2D eigenvalue weighted by Crippen LogP contribution is -2.13. The van der Waals surface area contributed by atoms with Gasteiger partial charge in [-0.2, -0.15) is 9.19 Å². The second kappa shape index (κ2) is 9.65. The third-order valence-electron chi connectivity index (χ3n) is 5.12. The van der Waals surface area contributed by atoms with Crippen LogP contribution >= 0.6 is 15.9 Å². The number of hydrogen-bond acceptors (Lipinski definition) is 8. The fourth-order valence-corrected chi connectivity index (χ4v) is 4.84. The number of aromatic nitrogens is 6. The first-order valence-electron chi connectivity index (χ1n) is 10.3. The van der Waals surface area contributed by atoms with Gasteiger partial charge < -0.3 is 9.47 Å². The third kappa shape index (κ3) is 4.74. The molecule has 1 aromatic carbocycles. The van der Waals surface area contributed by atoms with Gasteiger partial charge in [-0.3, -0.25) is 4.68 Å². The molecule has 0 saturated heterocycles. The molecule has 3 heterocycles. The predicted octanol–water partition coefficient (Wildman–Crippen LogP) is 3.60. The number of aryl methyl sites for hydroxylation is 1. The molecule has 178 valence electrons. The van der Waals surface area contributed by atoms with Gasteiger partial charge in [0.1, 0.15) is 23.4 Å². The van der Waals surface area contributed by atoms with Crippen LogP contribution in [0.2, 0.25) is 0 Å². The zero-order valence-corrected chi connectivity index (χ0v) is 21.2. The molecule has 0 bridgehead atoms. The smallest absolute Gasteiger partial charge is 0.251 e. The standard InChI is InChI=1S/C22H23BrN6O4S/c1-5-15-8-6-7-9-18(15)33-11-10-32-14(2)20-16(12-25-28(20)3)22-24-13-17-19(26-22)21(23)27-29(17)34(4,30)31/h5-9,12-14H,1,10-11H2,2-4H3/t14-/m1/s1. The number of fused-ring (bicyclic) bond motifs is 1. The van der Waals surface area contributed by atoms with Crippen molar-refractivity contribution >= 4 is 43.1 Å². The summed E-state index contributed by atoms with van der Waals surface area (Å²) >= 11 is 3.29. The van der Waals surface area contributed by atoms with Gasteiger partial charge in [-0.25, -0.2) is 18.4 Å². The molecule has 0 spiro atoms. The predicted molar refractivity (Wildman–Crippen MR) is 132 cm³/mol. The van der Waals surface area contributed by atoms with E-state index in [-0.39, 0.29) is 11.6 Å². The molecule has 0 aliphatic carbocycles. The first kappa shape index (κ1) is 24.0. The molecule has 3 aromatic heterocycles. The van der Waals surface area contributed by atoms with Crippen LogP contribution < -0.4 is 4.74 Å². The Morgan fingerprint density at radius 3 is 2.74 bits per heavy atom. The van der Waals surface area contributed by atoms with Crippen molar-refractivity contribution < 1.29 is 17.9 Å². The summed E-state index contributed by atoms with van der Waals surface area (Å²) in [6.07, 6.45) is 5.57. The Balaban J connectivity index is 1.53. The van der Waals surface area contributed by atoms with Gasteiger partial charge >= 0.3 is 0 Å². The molecule has 0 radical (unpaired) electrons. The van der Waals surface area contributed by atoms with Crippen molar-refractivity contribution in [3.8, 4) is 17.1 Å². The normalized spacial score (nSPS) is 12.7. The minimum atomic E-state index is -3.60. The van der Waals surface area contributed by atoms with Crippen LogP contribution in [0.25, 0.3) is 28.5 Å². The van der Waals surface area contributed by atoms with Crippen molar-refractivity contribution in [1.29, 1.82) is 0 Å². The summed E-state index contributed by atoms with van der Waals surface area (Å²) in [4.78, 5) is 8.92. The lowest BCUT2D eigenvalue weighted by Gasteiger charge is -2.16. The molecule has 0 aliphatic heterocycles. The zero-order valence-electron chi connectivity index (χ0n) is 18.8. The van der Waals surface area contributed by atoms with E-state index in [1.54, 1.807) is 17.0 Å². The topological polar surface area (TPSA) is 114 Å². The van der Waals surface area contributed by atoms with Crippen molar-refractivity contribution in [2.45, 2.75) is 13.0 Å². The molecule has 4 aromatic rings. The number of nitrogens with zero attached hydrogens (tertiary/aromatic N) is 6. The Kier molecular flexibility index (Phi) is 6.82. The lowest BCUT2D eigenvalue weighted by molar-refractivity contribution is 0.0397. The highest BCUT2D eigenvalue weighted by Gasteiger charge is 2.22. The fourth-order valence-electron chi connectivity index (χ4n) is 3.57. The van der Waals surface area contributed by atoms with Crippen LogP contribution in [0.15, 0.2) is 47.8 Å². The Hall–Kier alpha value is -3.09. The van der Waals surface area contributed by atoms with E-state index >= 15 is 0 Å². The van der Waals surface area contributed by atoms with Crippen molar-refractivity contribution in [2.24, 2.45) is 7.05 Å². The molecule has 0 N–H and O–H groups in total. The summed E-state index contributed by atoms with van der Waals surface area (Å²) in [6, 6.07) is 7.65. The second-order valence-electron chi connectivity index (χ2n) is 7.49. The molecule has 0 saturated carbocycles. The maximum Gasteiger partial charge on any atom is 0.251 e. The van der Waals surface area contributed by atoms with Gasteiger partial charge in [0.15, 0.2) is 10.4 Å². The number of benzene rings is 1. The Bertz CT molecular complexity index is 1460. The average Bonchev–Trinajstić information content (AvgIpc) is 3.36. The fraction of sp³-hybridized carbons (Fsp3) is 0.273. The molecule has 12 heteroatoms. The van der Waals surface area contributed by atoms with Crippen LogP contribution in [0.4, 0.5) is 0 Å². The summed E-state index contributed by atoms with van der Waals surface area (Å²) < 4.78 is 38.7. The van der Waals surface area contributed by atoms with Crippen LogP contribution in [0, 0.1) is 0 Å². The Morgan fingerprint density at radius 2 is 2.00 bits per heavy atom.